The van der Waals surface area contributed by atoms with Crippen molar-refractivity contribution in [3.63, 3.8) is 0 Å². The van der Waals surface area contributed by atoms with E-state index in [1.54, 1.807) is 5.38 Å². The molecule has 0 atom stereocenters. The molecule has 0 aliphatic rings. The van der Waals surface area contributed by atoms with Crippen LogP contribution in [0.5, 0.6) is 0 Å². The molecule has 0 aliphatic carbocycles. The fourth-order valence-corrected chi connectivity index (χ4v) is 2.62. The number of aromatic nitrogens is 1. The molecule has 3 N–H and O–H groups in total. The molecular formula is C13H14N2O2S. The zero-order valence-electron chi connectivity index (χ0n) is 10.2. The number of anilines is 1. The van der Waals surface area contributed by atoms with E-state index in [4.69, 9.17) is 10.8 Å². The van der Waals surface area contributed by atoms with Gasteiger partial charge in [0, 0.05) is 16.5 Å². The highest BCUT2D eigenvalue weighted by Crippen LogP contribution is 2.33. The molecule has 18 heavy (non-hydrogen) atoms. The lowest BCUT2D eigenvalue weighted by Gasteiger charge is -2.22. The van der Waals surface area contributed by atoms with Crippen LogP contribution in [0.1, 0.15) is 34.9 Å². The predicted octanol–water partition coefficient (Wildman–Crippen LogP) is 2.75. The first-order chi connectivity index (χ1) is 8.41. The smallest absolute Gasteiger partial charge is 0.355 e. The minimum absolute atomic E-state index is 0.0959. The van der Waals surface area contributed by atoms with Gasteiger partial charge in [0.1, 0.15) is 5.01 Å². The maximum atomic E-state index is 10.9. The molecule has 1 aromatic carbocycles. The fraction of sp³-hybridized carbons (Fsp3) is 0.231. The number of nitrogen functional groups attached to an aromatic ring is 1. The molecule has 0 fully saturated rings. The topological polar surface area (TPSA) is 76.2 Å². The van der Waals surface area contributed by atoms with E-state index >= 15 is 0 Å². The molecule has 94 valence electrons. The van der Waals surface area contributed by atoms with E-state index < -0.39 is 5.97 Å². The Kier molecular flexibility index (Phi) is 3.09. The van der Waals surface area contributed by atoms with Crippen LogP contribution in [0.4, 0.5) is 5.69 Å². The van der Waals surface area contributed by atoms with Gasteiger partial charge in [-0.2, -0.15) is 0 Å². The van der Waals surface area contributed by atoms with E-state index in [9.17, 15) is 4.79 Å². The summed E-state index contributed by atoms with van der Waals surface area (Å²) < 4.78 is 0. The first-order valence-electron chi connectivity index (χ1n) is 5.46. The molecule has 4 nitrogen and oxygen atoms in total. The number of hydrogen-bond donors (Lipinski definition) is 2. The Morgan fingerprint density at radius 1 is 1.33 bits per heavy atom. The van der Waals surface area contributed by atoms with Crippen molar-refractivity contribution in [1.29, 1.82) is 0 Å². The van der Waals surface area contributed by atoms with E-state index in [0.29, 0.717) is 5.69 Å². The number of rotatable bonds is 3. The summed E-state index contributed by atoms with van der Waals surface area (Å²) in [4.78, 5) is 15.0. The van der Waals surface area contributed by atoms with Gasteiger partial charge in [0.25, 0.3) is 0 Å². The Labute approximate surface area is 109 Å². The standard InChI is InChI=1S/C13H14N2O2S/c1-13(2,8-3-5-9(14)6-4-8)12-15-10(7-18-12)11(16)17/h3-7H,14H2,1-2H3,(H,16,17). The summed E-state index contributed by atoms with van der Waals surface area (Å²) in [6.07, 6.45) is 0. The van der Waals surface area contributed by atoms with E-state index in [1.165, 1.54) is 11.3 Å². The largest absolute Gasteiger partial charge is 0.476 e. The first kappa shape index (κ1) is 12.6. The molecule has 1 heterocycles. The van der Waals surface area contributed by atoms with Crippen molar-refractivity contribution in [2.24, 2.45) is 0 Å². The molecular weight excluding hydrogens is 248 g/mol. The van der Waals surface area contributed by atoms with Gasteiger partial charge in [-0.3, -0.25) is 0 Å². The Bertz CT molecular complexity index is 573. The number of benzene rings is 1. The van der Waals surface area contributed by atoms with Gasteiger partial charge in [-0.1, -0.05) is 12.1 Å². The monoisotopic (exact) mass is 262 g/mol. The van der Waals surface area contributed by atoms with E-state index in [1.807, 2.05) is 38.1 Å². The molecule has 0 unspecified atom stereocenters. The second kappa shape index (κ2) is 4.42. The lowest BCUT2D eigenvalue weighted by Crippen LogP contribution is -2.19. The van der Waals surface area contributed by atoms with Crippen molar-refractivity contribution in [2.45, 2.75) is 19.3 Å². The average molecular weight is 262 g/mol. The third-order valence-corrected chi connectivity index (χ3v) is 4.06. The summed E-state index contributed by atoms with van der Waals surface area (Å²) in [6, 6.07) is 7.56. The fourth-order valence-electron chi connectivity index (χ4n) is 1.68. The molecule has 2 rings (SSSR count). The number of aromatic carboxylic acids is 1. The maximum absolute atomic E-state index is 10.9. The summed E-state index contributed by atoms with van der Waals surface area (Å²) in [5.74, 6) is -0.995. The summed E-state index contributed by atoms with van der Waals surface area (Å²) in [7, 11) is 0. The zero-order chi connectivity index (χ0) is 13.3. The molecule has 2 aromatic rings. The number of carboxylic acids is 1. The molecule has 0 spiro atoms. The van der Waals surface area contributed by atoms with Crippen LogP contribution in [0.2, 0.25) is 0 Å². The van der Waals surface area contributed by atoms with Gasteiger partial charge in [-0.15, -0.1) is 11.3 Å². The number of thiazole rings is 1. The molecule has 5 heteroatoms. The highest BCUT2D eigenvalue weighted by Gasteiger charge is 2.27. The second-order valence-electron chi connectivity index (χ2n) is 4.59. The van der Waals surface area contributed by atoms with Gasteiger partial charge in [0.05, 0.1) is 0 Å². The van der Waals surface area contributed by atoms with Crippen LogP contribution in [0.3, 0.4) is 0 Å². The number of carboxylic acid groups (broad SMARTS) is 1. The summed E-state index contributed by atoms with van der Waals surface area (Å²) in [5, 5.41) is 11.2. The molecule has 0 bridgehead atoms. The molecule has 0 aliphatic heterocycles. The Morgan fingerprint density at radius 3 is 2.44 bits per heavy atom. The average Bonchev–Trinajstić information content (AvgIpc) is 2.79. The van der Waals surface area contributed by atoms with Crippen LogP contribution in [-0.2, 0) is 5.41 Å². The van der Waals surface area contributed by atoms with Crippen LogP contribution in [-0.4, -0.2) is 16.1 Å². The SMILES string of the molecule is CC(C)(c1ccc(N)cc1)c1nc(C(=O)O)cs1. The number of nitrogens with two attached hydrogens (primary N) is 1. The second-order valence-corrected chi connectivity index (χ2v) is 5.45. The Balaban J connectivity index is 2.40. The van der Waals surface area contributed by atoms with E-state index in [2.05, 4.69) is 4.98 Å². The summed E-state index contributed by atoms with van der Waals surface area (Å²) >= 11 is 1.36. The van der Waals surface area contributed by atoms with Crippen molar-refractivity contribution in [3.05, 3.63) is 45.9 Å². The minimum Gasteiger partial charge on any atom is -0.476 e. The van der Waals surface area contributed by atoms with Crippen LogP contribution < -0.4 is 5.73 Å². The quantitative estimate of drug-likeness (QED) is 0.834. The van der Waals surface area contributed by atoms with Crippen molar-refractivity contribution < 1.29 is 9.90 Å². The van der Waals surface area contributed by atoms with Crippen LogP contribution in [0, 0.1) is 0 Å². The predicted molar refractivity (Wildman–Crippen MR) is 72.1 cm³/mol. The molecule has 1 aromatic heterocycles. The van der Waals surface area contributed by atoms with Crippen molar-refractivity contribution >= 4 is 23.0 Å². The number of hydrogen-bond acceptors (Lipinski definition) is 4. The summed E-state index contributed by atoms with van der Waals surface area (Å²) in [6.45, 7) is 4.03. The molecule has 0 saturated heterocycles. The van der Waals surface area contributed by atoms with Gasteiger partial charge >= 0.3 is 5.97 Å². The van der Waals surface area contributed by atoms with E-state index in [-0.39, 0.29) is 11.1 Å². The summed E-state index contributed by atoms with van der Waals surface area (Å²) in [5.41, 5.74) is 7.20. The molecule has 0 radical (unpaired) electrons. The number of carbonyl (C=O) groups is 1. The third kappa shape index (κ3) is 2.22. The lowest BCUT2D eigenvalue weighted by molar-refractivity contribution is 0.0691. The maximum Gasteiger partial charge on any atom is 0.355 e. The van der Waals surface area contributed by atoms with Crippen LogP contribution in [0.25, 0.3) is 0 Å². The molecule has 0 amide bonds. The third-order valence-electron chi connectivity index (χ3n) is 2.89. The van der Waals surface area contributed by atoms with E-state index in [0.717, 1.165) is 10.6 Å². The lowest BCUT2D eigenvalue weighted by atomic mass is 9.85. The van der Waals surface area contributed by atoms with Gasteiger partial charge in [0.2, 0.25) is 0 Å². The normalized spacial score (nSPS) is 11.4. The van der Waals surface area contributed by atoms with Gasteiger partial charge in [-0.25, -0.2) is 9.78 Å². The van der Waals surface area contributed by atoms with Crippen molar-refractivity contribution in [3.8, 4) is 0 Å². The molecule has 0 saturated carbocycles. The Morgan fingerprint density at radius 2 is 1.94 bits per heavy atom. The van der Waals surface area contributed by atoms with Gasteiger partial charge in [0.15, 0.2) is 5.69 Å². The number of nitrogens with zero attached hydrogens (tertiary/aromatic N) is 1. The van der Waals surface area contributed by atoms with Crippen molar-refractivity contribution in [1.82, 2.24) is 4.98 Å². The first-order valence-corrected chi connectivity index (χ1v) is 6.34. The van der Waals surface area contributed by atoms with Crippen LogP contribution >= 0.6 is 11.3 Å². The minimum atomic E-state index is -0.995. The van der Waals surface area contributed by atoms with Crippen LogP contribution in [0.15, 0.2) is 29.6 Å². The highest BCUT2D eigenvalue weighted by atomic mass is 32.1. The highest BCUT2D eigenvalue weighted by molar-refractivity contribution is 7.10. The Hall–Kier alpha value is -1.88. The zero-order valence-corrected chi connectivity index (χ0v) is 11.0. The van der Waals surface area contributed by atoms with Crippen molar-refractivity contribution in [2.75, 3.05) is 5.73 Å². The van der Waals surface area contributed by atoms with Gasteiger partial charge < -0.3 is 10.8 Å². The van der Waals surface area contributed by atoms with Gasteiger partial charge in [-0.05, 0) is 31.5 Å².